The van der Waals surface area contributed by atoms with Crippen molar-refractivity contribution in [3.63, 3.8) is 0 Å². The number of hydrogen-bond acceptors (Lipinski definition) is 3. The molecule has 1 fully saturated rings. The summed E-state index contributed by atoms with van der Waals surface area (Å²) in [6.07, 6.45) is 2.61. The number of hydrogen-bond donors (Lipinski definition) is 0. The Kier molecular flexibility index (Phi) is 4.88. The Balaban J connectivity index is 1.75. The Morgan fingerprint density at radius 2 is 2.17 bits per heavy atom. The van der Waals surface area contributed by atoms with Crippen molar-refractivity contribution >= 4 is 0 Å². The van der Waals surface area contributed by atoms with Crippen LogP contribution < -0.4 is 9.47 Å². The predicted octanol–water partition coefficient (Wildman–Crippen LogP) is 2.61. The van der Waals surface area contributed by atoms with Crippen molar-refractivity contribution in [3.05, 3.63) is 24.3 Å². The van der Waals surface area contributed by atoms with Gasteiger partial charge in [-0.3, -0.25) is 4.90 Å². The lowest BCUT2D eigenvalue weighted by Gasteiger charge is -2.29. The first-order valence-corrected chi connectivity index (χ1v) is 6.69. The fourth-order valence-corrected chi connectivity index (χ4v) is 2.24. The number of rotatable bonds is 5. The Hall–Kier alpha value is -1.22. The fourth-order valence-electron chi connectivity index (χ4n) is 2.24. The lowest BCUT2D eigenvalue weighted by atomic mass is 9.99. The van der Waals surface area contributed by atoms with Gasteiger partial charge in [-0.05, 0) is 37.9 Å². The van der Waals surface area contributed by atoms with Crippen LogP contribution in [0.5, 0.6) is 11.5 Å². The molecule has 0 spiro atoms. The maximum Gasteiger partial charge on any atom is 0.169 e. The van der Waals surface area contributed by atoms with E-state index >= 15 is 0 Å². The van der Waals surface area contributed by atoms with E-state index in [1.165, 1.54) is 25.9 Å². The second-order valence-corrected chi connectivity index (χ2v) is 4.94. The first-order valence-electron chi connectivity index (χ1n) is 6.69. The number of likely N-dealkylation sites (tertiary alicyclic amines) is 1. The van der Waals surface area contributed by atoms with Gasteiger partial charge < -0.3 is 9.47 Å². The molecule has 0 atom stereocenters. The number of piperidine rings is 1. The predicted molar refractivity (Wildman–Crippen MR) is 72.2 cm³/mol. The van der Waals surface area contributed by atoms with Gasteiger partial charge in [0.1, 0.15) is 6.61 Å². The lowest BCUT2D eigenvalue weighted by molar-refractivity contribution is 0.158. The van der Waals surface area contributed by atoms with E-state index in [4.69, 9.17) is 9.47 Å². The molecule has 0 amide bonds. The summed E-state index contributed by atoms with van der Waals surface area (Å²) in [5.74, 6) is 2.35. The van der Waals surface area contributed by atoms with E-state index in [1.807, 2.05) is 18.2 Å². The van der Waals surface area contributed by atoms with E-state index in [-0.39, 0.29) is 0 Å². The molecule has 1 aliphatic heterocycles. The summed E-state index contributed by atoms with van der Waals surface area (Å²) in [7, 11) is 1.65. The average molecular weight is 248 g/mol. The Morgan fingerprint density at radius 1 is 1.39 bits per heavy atom. The van der Waals surface area contributed by atoms with Crippen molar-refractivity contribution in [3.8, 4) is 11.5 Å². The molecule has 18 heavy (non-hydrogen) atoms. The third kappa shape index (κ3) is 3.64. The van der Waals surface area contributed by atoms with Gasteiger partial charge in [0.25, 0.3) is 0 Å². The molecule has 1 aliphatic rings. The summed E-state index contributed by atoms with van der Waals surface area (Å²) in [6.45, 7) is 6.40. The highest BCUT2D eigenvalue weighted by Gasteiger charge is 2.15. The third-order valence-corrected chi connectivity index (χ3v) is 3.53. The maximum absolute atomic E-state index is 5.74. The zero-order valence-electron chi connectivity index (χ0n) is 11.3. The van der Waals surface area contributed by atoms with Crippen LogP contribution in [0.3, 0.4) is 0 Å². The number of nitrogens with zero attached hydrogens (tertiary/aromatic N) is 1. The van der Waals surface area contributed by atoms with Crippen LogP contribution in [-0.4, -0.2) is 38.3 Å². The smallest absolute Gasteiger partial charge is 0.169 e. The fraction of sp³-hybridized carbons (Fsp3) is 0.600. The van der Waals surface area contributed by atoms with Gasteiger partial charge in [-0.15, -0.1) is 0 Å². The Labute approximate surface area is 110 Å². The Bertz CT molecular complexity index is 359. The molecule has 1 saturated heterocycles. The highest BCUT2D eigenvalue weighted by Crippen LogP contribution is 2.25. The second kappa shape index (κ2) is 6.64. The molecular formula is C15H22NO2. The second-order valence-electron chi connectivity index (χ2n) is 4.94. The van der Waals surface area contributed by atoms with Crippen LogP contribution in [0.25, 0.3) is 0 Å². The van der Waals surface area contributed by atoms with Gasteiger partial charge in [0.05, 0.1) is 7.11 Å². The molecule has 0 saturated carbocycles. The standard InChI is InChI=1S/C15H22NO2/c1-13-7-9-16(10-8-13)11-12-18-15-6-4-3-5-14(15)17-2/h3-5,13H,7-12H2,1-2H3. The molecule has 1 radical (unpaired) electrons. The molecule has 1 aromatic carbocycles. The molecule has 1 aromatic rings. The number of benzene rings is 1. The zero-order valence-corrected chi connectivity index (χ0v) is 11.3. The monoisotopic (exact) mass is 248 g/mol. The first kappa shape index (κ1) is 13.2. The van der Waals surface area contributed by atoms with Gasteiger partial charge in [-0.1, -0.05) is 19.1 Å². The minimum absolute atomic E-state index is 0.700. The molecule has 0 aliphatic carbocycles. The Morgan fingerprint density at radius 3 is 2.89 bits per heavy atom. The molecule has 3 heteroatoms. The van der Waals surface area contributed by atoms with E-state index in [2.05, 4.69) is 17.9 Å². The lowest BCUT2D eigenvalue weighted by Crippen LogP contribution is -2.35. The van der Waals surface area contributed by atoms with Crippen LogP contribution >= 0.6 is 0 Å². The summed E-state index contributed by atoms with van der Waals surface area (Å²) in [4.78, 5) is 2.47. The molecule has 0 N–H and O–H groups in total. The van der Waals surface area contributed by atoms with Gasteiger partial charge in [-0.25, -0.2) is 0 Å². The molecule has 99 valence electrons. The van der Waals surface area contributed by atoms with Crippen molar-refractivity contribution in [2.75, 3.05) is 33.4 Å². The van der Waals surface area contributed by atoms with Gasteiger partial charge in [0.2, 0.25) is 0 Å². The molecule has 0 aromatic heterocycles. The first-order chi connectivity index (χ1) is 8.79. The number of methoxy groups -OCH3 is 1. The summed E-state index contributed by atoms with van der Waals surface area (Å²) in [5.41, 5.74) is 0. The van der Waals surface area contributed by atoms with E-state index < -0.39 is 0 Å². The minimum Gasteiger partial charge on any atom is -0.493 e. The average Bonchev–Trinajstić information content (AvgIpc) is 2.41. The molecule has 2 rings (SSSR count). The van der Waals surface area contributed by atoms with Crippen LogP contribution in [0.2, 0.25) is 0 Å². The summed E-state index contributed by atoms with van der Waals surface area (Å²) in [6, 6.07) is 8.71. The maximum atomic E-state index is 5.74. The van der Waals surface area contributed by atoms with Gasteiger partial charge in [-0.2, -0.15) is 0 Å². The zero-order chi connectivity index (χ0) is 12.8. The molecular weight excluding hydrogens is 226 g/mol. The molecule has 1 heterocycles. The van der Waals surface area contributed by atoms with Gasteiger partial charge in [0, 0.05) is 12.6 Å². The normalized spacial score (nSPS) is 17.7. The van der Waals surface area contributed by atoms with Crippen LogP contribution in [0.4, 0.5) is 0 Å². The van der Waals surface area contributed by atoms with E-state index in [0.717, 1.165) is 18.2 Å². The number of ether oxygens (including phenoxy) is 2. The van der Waals surface area contributed by atoms with E-state index in [9.17, 15) is 0 Å². The highest BCUT2D eigenvalue weighted by atomic mass is 16.5. The quantitative estimate of drug-likeness (QED) is 0.799. The summed E-state index contributed by atoms with van der Waals surface area (Å²) >= 11 is 0. The van der Waals surface area contributed by atoms with Crippen molar-refractivity contribution in [2.24, 2.45) is 5.92 Å². The highest BCUT2D eigenvalue weighted by molar-refractivity contribution is 5.38. The molecule has 3 nitrogen and oxygen atoms in total. The van der Waals surface area contributed by atoms with Crippen LogP contribution in [0.1, 0.15) is 19.8 Å². The van der Waals surface area contributed by atoms with Crippen molar-refractivity contribution < 1.29 is 9.47 Å². The topological polar surface area (TPSA) is 21.7 Å². The van der Waals surface area contributed by atoms with Crippen LogP contribution in [0, 0.1) is 12.0 Å². The van der Waals surface area contributed by atoms with Gasteiger partial charge >= 0.3 is 0 Å². The number of para-hydroxylation sites is 1. The van der Waals surface area contributed by atoms with Crippen molar-refractivity contribution in [1.29, 1.82) is 0 Å². The van der Waals surface area contributed by atoms with E-state index in [0.29, 0.717) is 12.4 Å². The van der Waals surface area contributed by atoms with Crippen LogP contribution in [0.15, 0.2) is 18.2 Å². The largest absolute Gasteiger partial charge is 0.493 e. The van der Waals surface area contributed by atoms with E-state index in [1.54, 1.807) is 7.11 Å². The molecule has 0 unspecified atom stereocenters. The summed E-state index contributed by atoms with van der Waals surface area (Å²) in [5, 5.41) is 0. The van der Waals surface area contributed by atoms with Gasteiger partial charge in [0.15, 0.2) is 11.5 Å². The minimum atomic E-state index is 0.700. The van der Waals surface area contributed by atoms with Crippen molar-refractivity contribution in [2.45, 2.75) is 19.8 Å². The summed E-state index contributed by atoms with van der Waals surface area (Å²) < 4.78 is 11.0. The SMILES string of the molecule is COc1ccc[c]c1OCCN1CCC(C)CC1. The molecule has 0 bridgehead atoms. The van der Waals surface area contributed by atoms with Crippen LogP contribution in [-0.2, 0) is 0 Å². The third-order valence-electron chi connectivity index (χ3n) is 3.53. The van der Waals surface area contributed by atoms with Crippen molar-refractivity contribution in [1.82, 2.24) is 4.90 Å².